The fourth-order valence-electron chi connectivity index (χ4n) is 2.81. The highest BCUT2D eigenvalue weighted by molar-refractivity contribution is 9.10. The second-order valence-electron chi connectivity index (χ2n) is 5.04. The topological polar surface area (TPSA) is 43.1 Å². The minimum absolute atomic E-state index is 0.158. The zero-order chi connectivity index (χ0) is 14.6. The number of hydrogen-bond acceptors (Lipinski definition) is 3. The van der Waals surface area contributed by atoms with Crippen LogP contribution in [0.4, 0.5) is 4.39 Å². The average Bonchev–Trinajstić information content (AvgIpc) is 2.48. The van der Waals surface area contributed by atoms with Gasteiger partial charge in [-0.1, -0.05) is 0 Å². The predicted molar refractivity (Wildman–Crippen MR) is 80.8 cm³/mol. The summed E-state index contributed by atoms with van der Waals surface area (Å²) in [6, 6.07) is 4.38. The van der Waals surface area contributed by atoms with Crippen LogP contribution in [0.15, 0.2) is 44.3 Å². The van der Waals surface area contributed by atoms with Gasteiger partial charge in [0.05, 0.1) is 9.86 Å². The molecule has 1 aromatic carbocycles. The molecule has 1 aliphatic rings. The molecule has 1 aliphatic carbocycles. The molecule has 0 bridgehead atoms. The molecule has 0 fully saturated rings. The lowest BCUT2D eigenvalue weighted by Gasteiger charge is -2.18. The van der Waals surface area contributed by atoms with E-state index in [-0.39, 0.29) is 10.8 Å². The Morgan fingerprint density at radius 2 is 2.14 bits per heavy atom. The molecular formula is C16H9BrFNO2. The predicted octanol–water partition coefficient (Wildman–Crippen LogP) is 3.86. The minimum Gasteiger partial charge on any atom is -0.454 e. The fraction of sp³-hybridized carbons (Fsp3) is 0.125. The molecule has 3 nitrogen and oxygen atoms in total. The van der Waals surface area contributed by atoms with Gasteiger partial charge in [-0.3, -0.25) is 9.78 Å². The lowest BCUT2D eigenvalue weighted by molar-refractivity contribution is 0.593. The van der Waals surface area contributed by atoms with Gasteiger partial charge in [0, 0.05) is 23.5 Å². The Balaban J connectivity index is 2.15. The summed E-state index contributed by atoms with van der Waals surface area (Å²) >= 11 is 3.26. The SMILES string of the molecule is O=c1c2c(oc3c(Br)cc(F)cc13)-c1ccncc1CC2. The third kappa shape index (κ3) is 1.84. The quantitative estimate of drug-likeness (QED) is 0.621. The van der Waals surface area contributed by atoms with Gasteiger partial charge in [-0.05, 0) is 52.5 Å². The highest BCUT2D eigenvalue weighted by Gasteiger charge is 2.23. The van der Waals surface area contributed by atoms with Crippen LogP contribution in [0.1, 0.15) is 11.1 Å². The Morgan fingerprint density at radius 3 is 3.00 bits per heavy atom. The van der Waals surface area contributed by atoms with E-state index >= 15 is 0 Å². The van der Waals surface area contributed by atoms with E-state index in [0.29, 0.717) is 27.8 Å². The molecule has 4 rings (SSSR count). The van der Waals surface area contributed by atoms with Crippen molar-refractivity contribution in [3.8, 4) is 11.3 Å². The monoisotopic (exact) mass is 345 g/mol. The minimum atomic E-state index is -0.456. The number of pyridine rings is 1. The van der Waals surface area contributed by atoms with Gasteiger partial charge in [0.2, 0.25) is 0 Å². The summed E-state index contributed by atoms with van der Waals surface area (Å²) in [5, 5.41) is 0.276. The number of fused-ring (bicyclic) bond motifs is 4. The van der Waals surface area contributed by atoms with Crippen molar-refractivity contribution >= 4 is 26.9 Å². The van der Waals surface area contributed by atoms with Crippen molar-refractivity contribution in [3.05, 3.63) is 62.2 Å². The fourth-order valence-corrected chi connectivity index (χ4v) is 3.33. The van der Waals surface area contributed by atoms with Gasteiger partial charge in [0.25, 0.3) is 0 Å². The van der Waals surface area contributed by atoms with Crippen molar-refractivity contribution in [1.29, 1.82) is 0 Å². The van der Waals surface area contributed by atoms with Crippen LogP contribution < -0.4 is 5.43 Å². The first-order chi connectivity index (χ1) is 10.1. The highest BCUT2D eigenvalue weighted by atomic mass is 79.9. The van der Waals surface area contributed by atoms with Crippen LogP contribution in [0.3, 0.4) is 0 Å². The van der Waals surface area contributed by atoms with Crippen LogP contribution in [0.2, 0.25) is 0 Å². The first-order valence-electron chi connectivity index (χ1n) is 6.53. The normalized spacial score (nSPS) is 13.0. The molecule has 2 heterocycles. The van der Waals surface area contributed by atoms with E-state index in [9.17, 15) is 9.18 Å². The van der Waals surface area contributed by atoms with E-state index in [1.165, 1.54) is 12.1 Å². The van der Waals surface area contributed by atoms with Crippen molar-refractivity contribution in [1.82, 2.24) is 4.98 Å². The number of aryl methyl sites for hydroxylation is 1. The molecule has 0 spiro atoms. The Kier molecular flexibility index (Phi) is 2.72. The molecule has 0 unspecified atom stereocenters. The summed E-state index contributed by atoms with van der Waals surface area (Å²) < 4.78 is 19.9. The maximum absolute atomic E-state index is 13.5. The summed E-state index contributed by atoms with van der Waals surface area (Å²) in [5.41, 5.74) is 2.78. The lowest BCUT2D eigenvalue weighted by atomic mass is 9.90. The molecule has 0 saturated heterocycles. The maximum atomic E-state index is 13.5. The number of nitrogens with zero attached hydrogens (tertiary/aromatic N) is 1. The second kappa shape index (κ2) is 4.49. The van der Waals surface area contributed by atoms with E-state index in [1.54, 1.807) is 12.4 Å². The van der Waals surface area contributed by atoms with Crippen LogP contribution in [0.5, 0.6) is 0 Å². The second-order valence-corrected chi connectivity index (χ2v) is 5.89. The van der Waals surface area contributed by atoms with Gasteiger partial charge >= 0.3 is 0 Å². The third-order valence-electron chi connectivity index (χ3n) is 3.80. The van der Waals surface area contributed by atoms with Gasteiger partial charge in [0.1, 0.15) is 11.6 Å². The Labute approximate surface area is 127 Å². The third-order valence-corrected chi connectivity index (χ3v) is 4.39. The molecule has 0 amide bonds. The van der Waals surface area contributed by atoms with Crippen molar-refractivity contribution in [3.63, 3.8) is 0 Å². The number of halogens is 2. The van der Waals surface area contributed by atoms with E-state index in [2.05, 4.69) is 20.9 Å². The smallest absolute Gasteiger partial charge is 0.196 e. The number of benzene rings is 1. The summed E-state index contributed by atoms with van der Waals surface area (Å²) in [7, 11) is 0. The molecule has 21 heavy (non-hydrogen) atoms. The van der Waals surface area contributed by atoms with Crippen LogP contribution >= 0.6 is 15.9 Å². The average molecular weight is 346 g/mol. The van der Waals surface area contributed by atoms with Gasteiger partial charge < -0.3 is 4.42 Å². The molecule has 5 heteroatoms. The van der Waals surface area contributed by atoms with Gasteiger partial charge in [0.15, 0.2) is 11.0 Å². The summed E-state index contributed by atoms with van der Waals surface area (Å²) in [5.74, 6) is 0.116. The highest BCUT2D eigenvalue weighted by Crippen LogP contribution is 2.35. The lowest BCUT2D eigenvalue weighted by Crippen LogP contribution is -2.16. The Morgan fingerprint density at radius 1 is 1.29 bits per heavy atom. The number of hydrogen-bond donors (Lipinski definition) is 0. The first-order valence-corrected chi connectivity index (χ1v) is 7.32. The van der Waals surface area contributed by atoms with Crippen molar-refractivity contribution in [2.24, 2.45) is 0 Å². The molecule has 0 saturated carbocycles. The first kappa shape index (κ1) is 12.7. The molecule has 0 radical (unpaired) electrons. The van der Waals surface area contributed by atoms with Crippen LogP contribution in [-0.4, -0.2) is 4.98 Å². The molecule has 2 aromatic heterocycles. The van der Waals surface area contributed by atoms with Crippen LogP contribution in [0.25, 0.3) is 22.3 Å². The van der Waals surface area contributed by atoms with Crippen LogP contribution in [0, 0.1) is 5.82 Å². The molecule has 0 N–H and O–H groups in total. The summed E-state index contributed by atoms with van der Waals surface area (Å²) in [4.78, 5) is 16.7. The van der Waals surface area contributed by atoms with Crippen LogP contribution in [-0.2, 0) is 12.8 Å². The van der Waals surface area contributed by atoms with E-state index in [1.807, 2.05) is 6.07 Å². The zero-order valence-corrected chi connectivity index (χ0v) is 12.4. The standard InChI is InChI=1S/C16H9BrFNO2/c17-13-6-9(18)5-12-14(20)11-2-1-8-7-19-4-3-10(8)15(11)21-16(12)13/h3-7H,1-2H2. The van der Waals surface area contributed by atoms with Crippen molar-refractivity contribution in [2.45, 2.75) is 12.8 Å². The zero-order valence-electron chi connectivity index (χ0n) is 10.8. The number of rotatable bonds is 0. The molecule has 0 atom stereocenters. The van der Waals surface area contributed by atoms with Crippen molar-refractivity contribution in [2.75, 3.05) is 0 Å². The van der Waals surface area contributed by atoms with E-state index < -0.39 is 5.82 Å². The summed E-state index contributed by atoms with van der Waals surface area (Å²) in [6.07, 6.45) is 4.80. The molecule has 3 aromatic rings. The van der Waals surface area contributed by atoms with E-state index in [4.69, 9.17) is 4.42 Å². The molecule has 104 valence electrons. The van der Waals surface area contributed by atoms with Gasteiger partial charge in [-0.2, -0.15) is 0 Å². The Hall–Kier alpha value is -2.01. The molecule has 0 aliphatic heterocycles. The summed E-state index contributed by atoms with van der Waals surface area (Å²) in [6.45, 7) is 0. The molecular weight excluding hydrogens is 337 g/mol. The largest absolute Gasteiger partial charge is 0.454 e. The van der Waals surface area contributed by atoms with Gasteiger partial charge in [-0.25, -0.2) is 4.39 Å². The van der Waals surface area contributed by atoms with Crippen molar-refractivity contribution < 1.29 is 8.81 Å². The van der Waals surface area contributed by atoms with E-state index in [0.717, 1.165) is 17.5 Å². The Bertz CT molecular complexity index is 949. The number of aromatic nitrogens is 1. The maximum Gasteiger partial charge on any atom is 0.196 e. The van der Waals surface area contributed by atoms with Gasteiger partial charge in [-0.15, -0.1) is 0 Å².